The summed E-state index contributed by atoms with van der Waals surface area (Å²) in [4.78, 5) is 44.1. The Labute approximate surface area is 324 Å². The Morgan fingerprint density at radius 2 is 0.446 bits per heavy atom. The molecule has 0 aliphatic rings. The molecule has 9 heteroatoms. The van der Waals surface area contributed by atoms with E-state index in [4.69, 9.17) is 39.9 Å². The van der Waals surface area contributed by atoms with Gasteiger partial charge < -0.3 is 0 Å². The highest BCUT2D eigenvalue weighted by Gasteiger charge is 2.19. The summed E-state index contributed by atoms with van der Waals surface area (Å²) in [6.07, 6.45) is 0. The molecule has 0 saturated heterocycles. The van der Waals surface area contributed by atoms with Crippen molar-refractivity contribution in [2.75, 3.05) is 0 Å². The normalized spacial score (nSPS) is 11.0. The van der Waals surface area contributed by atoms with Crippen LogP contribution in [0.4, 0.5) is 0 Å². The molecule has 3 aromatic heterocycles. The second-order valence-electron chi connectivity index (χ2n) is 13.2. The molecule has 0 fully saturated rings. The number of aromatic nitrogens is 9. The Kier molecular flexibility index (Phi) is 9.14. The molecular formula is C47H33N9. The van der Waals surface area contributed by atoms with Gasteiger partial charge >= 0.3 is 0 Å². The molecule has 0 N–H and O–H groups in total. The predicted molar refractivity (Wildman–Crippen MR) is 220 cm³/mol. The fourth-order valence-corrected chi connectivity index (χ4v) is 6.49. The highest BCUT2D eigenvalue weighted by atomic mass is 15.1. The molecule has 0 saturated carbocycles. The van der Waals surface area contributed by atoms with Gasteiger partial charge in [0.25, 0.3) is 0 Å². The van der Waals surface area contributed by atoms with Gasteiger partial charge in [-0.05, 0) is 43.2 Å². The molecule has 9 aromatic rings. The van der Waals surface area contributed by atoms with Crippen LogP contribution >= 0.6 is 0 Å². The number of hydrogen-bond acceptors (Lipinski definition) is 9. The van der Waals surface area contributed by atoms with Crippen LogP contribution in [0.15, 0.2) is 164 Å². The number of aryl methyl sites for hydroxylation is 2. The second-order valence-corrected chi connectivity index (χ2v) is 13.2. The zero-order valence-electron chi connectivity index (χ0n) is 30.6. The Morgan fingerprint density at radius 1 is 0.214 bits per heavy atom. The van der Waals surface area contributed by atoms with E-state index in [0.29, 0.717) is 52.4 Å². The third-order valence-corrected chi connectivity index (χ3v) is 9.18. The average molecular weight is 724 g/mol. The molecule has 9 rings (SSSR count). The van der Waals surface area contributed by atoms with Gasteiger partial charge in [0.15, 0.2) is 40.8 Å². The van der Waals surface area contributed by atoms with E-state index < -0.39 is 0 Å². The predicted octanol–water partition coefficient (Wildman–Crippen LogP) is 10.2. The molecule has 0 aliphatic heterocycles. The Morgan fingerprint density at radius 3 is 0.786 bits per heavy atom. The summed E-state index contributed by atoms with van der Waals surface area (Å²) in [5.41, 5.74) is 7.91. The Bertz CT molecular complexity index is 2720. The maximum absolute atomic E-state index is 5.11. The highest BCUT2D eigenvalue weighted by Crippen LogP contribution is 2.33. The first-order valence-corrected chi connectivity index (χ1v) is 18.2. The maximum atomic E-state index is 5.11. The summed E-state index contributed by atoms with van der Waals surface area (Å²) in [5, 5.41) is 0. The smallest absolute Gasteiger partial charge is 0.164 e. The Balaban J connectivity index is 1.25. The van der Waals surface area contributed by atoms with E-state index in [1.165, 1.54) is 0 Å². The van der Waals surface area contributed by atoms with Crippen LogP contribution in [0.1, 0.15) is 11.6 Å². The zero-order chi connectivity index (χ0) is 37.8. The largest absolute Gasteiger partial charge is 0.219 e. The highest BCUT2D eigenvalue weighted by molar-refractivity contribution is 5.78. The molecule has 56 heavy (non-hydrogen) atoms. The molecule has 0 unspecified atom stereocenters. The van der Waals surface area contributed by atoms with Gasteiger partial charge in [-0.15, -0.1) is 0 Å². The topological polar surface area (TPSA) is 116 Å². The number of rotatable bonds is 8. The number of hydrogen-bond donors (Lipinski definition) is 0. The van der Waals surface area contributed by atoms with Gasteiger partial charge in [0.2, 0.25) is 0 Å². The van der Waals surface area contributed by atoms with Crippen LogP contribution in [-0.4, -0.2) is 44.9 Å². The summed E-state index contributed by atoms with van der Waals surface area (Å²) in [6, 6.07) is 54.4. The van der Waals surface area contributed by atoms with E-state index in [9.17, 15) is 0 Å². The summed E-state index contributed by atoms with van der Waals surface area (Å²) in [5.74, 6) is 4.93. The third-order valence-electron chi connectivity index (χ3n) is 9.18. The van der Waals surface area contributed by atoms with E-state index in [2.05, 4.69) is 41.4 Å². The van der Waals surface area contributed by atoms with Gasteiger partial charge in [-0.3, -0.25) is 0 Å². The van der Waals surface area contributed by atoms with Crippen molar-refractivity contribution in [3.63, 3.8) is 0 Å². The summed E-state index contributed by atoms with van der Waals surface area (Å²) >= 11 is 0. The zero-order valence-corrected chi connectivity index (χ0v) is 30.6. The van der Waals surface area contributed by atoms with Gasteiger partial charge in [-0.2, -0.15) is 0 Å². The van der Waals surface area contributed by atoms with Crippen molar-refractivity contribution in [3.05, 3.63) is 175 Å². The molecular weight excluding hydrogens is 691 g/mol. The van der Waals surface area contributed by atoms with Crippen LogP contribution in [0.2, 0.25) is 0 Å². The Hall–Kier alpha value is -7.65. The van der Waals surface area contributed by atoms with E-state index in [1.807, 2.05) is 141 Å². The van der Waals surface area contributed by atoms with Gasteiger partial charge in [0.1, 0.15) is 11.6 Å². The molecule has 0 radical (unpaired) electrons. The number of nitrogens with zero attached hydrogens (tertiary/aromatic N) is 9. The molecule has 0 bridgehead atoms. The van der Waals surface area contributed by atoms with Gasteiger partial charge in [0.05, 0.1) is 0 Å². The standard InChI is InChI=1S/C47H33N9/c1-30-48-31(2)50-45(49-30)38-27-39(46-53-41(34-17-9-4-10-18-34)51-42(54-46)35-19-11-5-12-20-35)29-40(28-38)47-55-43(36-21-13-6-14-22-36)52-44(56-47)37-25-23-33(24-26-37)32-15-7-3-8-16-32/h3-29H,1-2H3. The van der Waals surface area contributed by atoms with E-state index in [1.54, 1.807) is 0 Å². The fraction of sp³-hybridized carbons (Fsp3) is 0.0426. The van der Waals surface area contributed by atoms with Crippen LogP contribution in [0, 0.1) is 13.8 Å². The quantitative estimate of drug-likeness (QED) is 0.151. The lowest BCUT2D eigenvalue weighted by Gasteiger charge is -2.13. The fourth-order valence-electron chi connectivity index (χ4n) is 6.49. The van der Waals surface area contributed by atoms with E-state index in [0.717, 1.165) is 50.1 Å². The van der Waals surface area contributed by atoms with Gasteiger partial charge in [-0.25, -0.2) is 44.9 Å². The van der Waals surface area contributed by atoms with Gasteiger partial charge in [-0.1, -0.05) is 146 Å². The van der Waals surface area contributed by atoms with Crippen molar-refractivity contribution in [1.29, 1.82) is 0 Å². The van der Waals surface area contributed by atoms with E-state index in [-0.39, 0.29) is 0 Å². The van der Waals surface area contributed by atoms with Crippen molar-refractivity contribution >= 4 is 0 Å². The van der Waals surface area contributed by atoms with Gasteiger partial charge in [0, 0.05) is 38.9 Å². The first kappa shape index (κ1) is 34.1. The molecule has 0 aliphatic carbocycles. The van der Waals surface area contributed by atoms with Crippen molar-refractivity contribution in [1.82, 2.24) is 44.9 Å². The SMILES string of the molecule is Cc1nc(C)nc(-c2cc(-c3nc(-c4ccccc4)nc(-c4ccccc4)n3)cc(-c3nc(-c4ccccc4)nc(-c4ccc(-c5ccccc5)cc4)n3)c2)n1. The van der Waals surface area contributed by atoms with Crippen LogP contribution in [0.5, 0.6) is 0 Å². The first-order valence-electron chi connectivity index (χ1n) is 18.2. The van der Waals surface area contributed by atoms with E-state index >= 15 is 0 Å². The minimum Gasteiger partial charge on any atom is -0.219 e. The van der Waals surface area contributed by atoms with Crippen LogP contribution in [0.3, 0.4) is 0 Å². The van der Waals surface area contributed by atoms with Crippen LogP contribution in [-0.2, 0) is 0 Å². The molecule has 9 nitrogen and oxygen atoms in total. The summed E-state index contributed by atoms with van der Waals surface area (Å²) in [7, 11) is 0. The third kappa shape index (κ3) is 7.29. The lowest BCUT2D eigenvalue weighted by Crippen LogP contribution is -2.03. The molecule has 0 spiro atoms. The molecule has 0 amide bonds. The maximum Gasteiger partial charge on any atom is 0.164 e. The molecule has 6 aromatic carbocycles. The lowest BCUT2D eigenvalue weighted by atomic mass is 10.0. The van der Waals surface area contributed by atoms with Crippen molar-refractivity contribution in [2.24, 2.45) is 0 Å². The van der Waals surface area contributed by atoms with Crippen molar-refractivity contribution < 1.29 is 0 Å². The number of benzene rings is 6. The first-order chi connectivity index (χ1) is 27.5. The van der Waals surface area contributed by atoms with Crippen LogP contribution < -0.4 is 0 Å². The van der Waals surface area contributed by atoms with Crippen LogP contribution in [0.25, 0.3) is 90.8 Å². The second kappa shape index (κ2) is 15.0. The summed E-state index contributed by atoms with van der Waals surface area (Å²) in [6.45, 7) is 3.72. The van der Waals surface area contributed by atoms with Crippen molar-refractivity contribution in [2.45, 2.75) is 13.8 Å². The minimum atomic E-state index is 0.479. The molecule has 3 heterocycles. The lowest BCUT2D eigenvalue weighted by molar-refractivity contribution is 0.928. The molecule has 266 valence electrons. The van der Waals surface area contributed by atoms with Crippen molar-refractivity contribution in [3.8, 4) is 90.8 Å². The average Bonchev–Trinajstić information content (AvgIpc) is 3.27. The molecule has 0 atom stereocenters. The minimum absolute atomic E-state index is 0.479. The monoisotopic (exact) mass is 723 g/mol. The summed E-state index contributed by atoms with van der Waals surface area (Å²) < 4.78 is 0.